The van der Waals surface area contributed by atoms with Crippen molar-refractivity contribution in [3.8, 4) is 0 Å². The van der Waals surface area contributed by atoms with Crippen molar-refractivity contribution in [2.75, 3.05) is 5.75 Å². The van der Waals surface area contributed by atoms with Gasteiger partial charge < -0.3 is 0 Å². The number of hydrogen-bond donors (Lipinski definition) is 2. The maximum atomic E-state index is 5.78. The Morgan fingerprint density at radius 2 is 2.42 bits per heavy atom. The summed E-state index contributed by atoms with van der Waals surface area (Å²) in [7, 11) is 0. The fraction of sp³-hybridized carbons (Fsp3) is 0.786. The molecule has 0 spiro atoms. The van der Waals surface area contributed by atoms with E-state index in [2.05, 4.69) is 48.2 Å². The molecule has 108 valence electrons. The second kappa shape index (κ2) is 6.29. The first kappa shape index (κ1) is 14.9. The van der Waals surface area contributed by atoms with Gasteiger partial charge in [-0.25, -0.2) is 0 Å². The van der Waals surface area contributed by atoms with Gasteiger partial charge in [-0.15, -0.1) is 0 Å². The van der Waals surface area contributed by atoms with Gasteiger partial charge in [-0.1, -0.05) is 6.92 Å². The molecule has 1 saturated heterocycles. The summed E-state index contributed by atoms with van der Waals surface area (Å²) in [5.41, 5.74) is 4.15. The molecule has 1 aliphatic rings. The highest BCUT2D eigenvalue weighted by Gasteiger charge is 2.37. The van der Waals surface area contributed by atoms with Gasteiger partial charge in [0.05, 0.1) is 5.69 Å². The number of nitrogens with zero attached hydrogens (tertiary/aromatic N) is 2. The van der Waals surface area contributed by atoms with E-state index in [1.807, 2.05) is 11.8 Å². The van der Waals surface area contributed by atoms with Crippen molar-refractivity contribution in [1.29, 1.82) is 0 Å². The van der Waals surface area contributed by atoms with Crippen LogP contribution in [0.5, 0.6) is 0 Å². The van der Waals surface area contributed by atoms with Gasteiger partial charge in [0.25, 0.3) is 0 Å². The zero-order chi connectivity index (χ0) is 13.9. The van der Waals surface area contributed by atoms with Crippen molar-refractivity contribution in [2.45, 2.75) is 63.3 Å². The van der Waals surface area contributed by atoms with Crippen molar-refractivity contribution in [3.63, 3.8) is 0 Å². The third-order valence-electron chi connectivity index (χ3n) is 4.31. The number of thioether (sulfide) groups is 1. The van der Waals surface area contributed by atoms with E-state index >= 15 is 0 Å². The minimum absolute atomic E-state index is 0.245. The van der Waals surface area contributed by atoms with E-state index in [4.69, 9.17) is 5.84 Å². The summed E-state index contributed by atoms with van der Waals surface area (Å²) >= 11 is 2.04. The molecule has 0 aromatic carbocycles. The number of rotatable bonds is 6. The first-order valence-electron chi connectivity index (χ1n) is 7.23. The van der Waals surface area contributed by atoms with E-state index in [1.165, 1.54) is 18.6 Å². The molecule has 3 N–H and O–H groups in total. The van der Waals surface area contributed by atoms with Gasteiger partial charge >= 0.3 is 0 Å². The molecule has 19 heavy (non-hydrogen) atoms. The van der Waals surface area contributed by atoms with E-state index in [-0.39, 0.29) is 4.75 Å². The largest absolute Gasteiger partial charge is 0.271 e. The molecule has 0 saturated carbocycles. The van der Waals surface area contributed by atoms with E-state index in [9.17, 15) is 0 Å². The predicted octanol–water partition coefficient (Wildman–Crippen LogP) is 2.51. The van der Waals surface area contributed by atoms with Crippen molar-refractivity contribution in [1.82, 2.24) is 15.2 Å². The monoisotopic (exact) mass is 282 g/mol. The molecular weight excluding hydrogens is 256 g/mol. The van der Waals surface area contributed by atoms with Gasteiger partial charge in [-0.2, -0.15) is 16.9 Å². The van der Waals surface area contributed by atoms with Gasteiger partial charge in [-0.05, 0) is 44.9 Å². The second-order valence-electron chi connectivity index (χ2n) is 5.73. The lowest BCUT2D eigenvalue weighted by Crippen LogP contribution is -2.50. The van der Waals surface area contributed by atoms with Crippen LogP contribution in [0.4, 0.5) is 0 Å². The van der Waals surface area contributed by atoms with E-state index in [1.54, 1.807) is 0 Å². The van der Waals surface area contributed by atoms with Crippen LogP contribution in [0.3, 0.4) is 0 Å². The van der Waals surface area contributed by atoms with Gasteiger partial charge in [0.1, 0.15) is 0 Å². The Morgan fingerprint density at radius 1 is 1.63 bits per heavy atom. The van der Waals surface area contributed by atoms with Crippen LogP contribution >= 0.6 is 11.8 Å². The summed E-state index contributed by atoms with van der Waals surface area (Å²) in [6, 6.07) is 2.88. The SMILES string of the molecule is CCC(C)n1ccc(CC(NN)C2(C)CCCS2)n1. The molecule has 0 bridgehead atoms. The Balaban J connectivity index is 2.04. The zero-order valence-corrected chi connectivity index (χ0v) is 13.0. The van der Waals surface area contributed by atoms with Crippen molar-refractivity contribution >= 4 is 11.8 Å². The van der Waals surface area contributed by atoms with Gasteiger partial charge in [0, 0.05) is 29.4 Å². The number of nitrogens with two attached hydrogens (primary N) is 1. The van der Waals surface area contributed by atoms with E-state index < -0.39 is 0 Å². The molecular formula is C14H26N4S. The molecule has 4 nitrogen and oxygen atoms in total. The van der Waals surface area contributed by atoms with Crippen LogP contribution in [0.15, 0.2) is 12.3 Å². The lowest BCUT2D eigenvalue weighted by Gasteiger charge is -2.32. The number of hydrazine groups is 1. The Kier molecular flexibility index (Phi) is 4.92. The summed E-state index contributed by atoms with van der Waals surface area (Å²) in [4.78, 5) is 0. The van der Waals surface area contributed by atoms with Gasteiger partial charge in [0.2, 0.25) is 0 Å². The molecule has 0 radical (unpaired) electrons. The lowest BCUT2D eigenvalue weighted by atomic mass is 9.93. The third kappa shape index (κ3) is 3.33. The molecule has 1 aromatic heterocycles. The Labute approximate surface area is 120 Å². The highest BCUT2D eigenvalue weighted by Crippen LogP contribution is 2.41. The minimum Gasteiger partial charge on any atom is -0.271 e. The van der Waals surface area contributed by atoms with Crippen LogP contribution in [0.2, 0.25) is 0 Å². The molecule has 0 aliphatic carbocycles. The summed E-state index contributed by atoms with van der Waals surface area (Å²) < 4.78 is 2.31. The number of hydrogen-bond acceptors (Lipinski definition) is 4. The lowest BCUT2D eigenvalue weighted by molar-refractivity contribution is 0.398. The van der Waals surface area contributed by atoms with Crippen molar-refractivity contribution in [2.24, 2.45) is 5.84 Å². The maximum absolute atomic E-state index is 5.78. The van der Waals surface area contributed by atoms with Crippen LogP contribution in [-0.4, -0.2) is 26.3 Å². The van der Waals surface area contributed by atoms with Gasteiger partial charge in [-0.3, -0.25) is 16.0 Å². The highest BCUT2D eigenvalue weighted by atomic mass is 32.2. The van der Waals surface area contributed by atoms with Crippen LogP contribution in [0.1, 0.15) is 51.8 Å². The highest BCUT2D eigenvalue weighted by molar-refractivity contribution is 8.00. The molecule has 2 rings (SSSR count). The summed E-state index contributed by atoms with van der Waals surface area (Å²) in [6.45, 7) is 6.71. The minimum atomic E-state index is 0.245. The Morgan fingerprint density at radius 3 is 3.00 bits per heavy atom. The number of aromatic nitrogens is 2. The van der Waals surface area contributed by atoms with Gasteiger partial charge in [0.15, 0.2) is 0 Å². The third-order valence-corrected chi connectivity index (χ3v) is 5.95. The zero-order valence-electron chi connectivity index (χ0n) is 12.2. The topological polar surface area (TPSA) is 55.9 Å². The van der Waals surface area contributed by atoms with Crippen LogP contribution < -0.4 is 11.3 Å². The van der Waals surface area contributed by atoms with Crippen molar-refractivity contribution < 1.29 is 0 Å². The quantitative estimate of drug-likeness (QED) is 0.622. The second-order valence-corrected chi connectivity index (χ2v) is 7.36. The first-order valence-corrected chi connectivity index (χ1v) is 8.21. The molecule has 2 heterocycles. The van der Waals surface area contributed by atoms with E-state index in [0.29, 0.717) is 12.1 Å². The molecule has 0 amide bonds. The fourth-order valence-electron chi connectivity index (χ4n) is 2.65. The first-order chi connectivity index (χ1) is 9.09. The normalized spacial score (nSPS) is 26.5. The fourth-order valence-corrected chi connectivity index (χ4v) is 4.05. The predicted molar refractivity (Wildman–Crippen MR) is 82.1 cm³/mol. The Bertz CT molecular complexity index is 398. The standard InChI is InChI=1S/C14H26N4S/c1-4-11(2)18-8-6-12(17-18)10-13(16-15)14(3)7-5-9-19-14/h6,8,11,13,16H,4-5,7,9-10,15H2,1-3H3. The smallest absolute Gasteiger partial charge is 0.0641 e. The maximum Gasteiger partial charge on any atom is 0.0641 e. The summed E-state index contributed by atoms with van der Waals surface area (Å²) in [5, 5.41) is 4.68. The van der Waals surface area contributed by atoms with Crippen molar-refractivity contribution in [3.05, 3.63) is 18.0 Å². The average Bonchev–Trinajstić information content (AvgIpc) is 3.04. The average molecular weight is 282 g/mol. The summed E-state index contributed by atoms with van der Waals surface area (Å²) in [5.74, 6) is 7.03. The molecule has 1 fully saturated rings. The molecule has 3 atom stereocenters. The van der Waals surface area contributed by atoms with E-state index in [0.717, 1.165) is 18.5 Å². The number of nitrogens with one attached hydrogen (secondary N) is 1. The van der Waals surface area contributed by atoms with Crippen LogP contribution in [-0.2, 0) is 6.42 Å². The molecule has 1 aromatic rings. The summed E-state index contributed by atoms with van der Waals surface area (Å²) in [6.07, 6.45) is 6.62. The molecule has 5 heteroatoms. The molecule has 3 unspecified atom stereocenters. The van der Waals surface area contributed by atoms with Crippen LogP contribution in [0, 0.1) is 0 Å². The molecule has 1 aliphatic heterocycles. The Hall–Kier alpha value is -0.520. The van der Waals surface area contributed by atoms with Crippen LogP contribution in [0.25, 0.3) is 0 Å².